The van der Waals surface area contributed by atoms with Crippen molar-refractivity contribution in [2.45, 2.75) is 19.4 Å². The number of pyridine rings is 1. The van der Waals surface area contributed by atoms with Crippen LogP contribution >= 0.6 is 0 Å². The lowest BCUT2D eigenvalue weighted by Crippen LogP contribution is -2.32. The van der Waals surface area contributed by atoms with Crippen molar-refractivity contribution in [3.05, 3.63) is 59.9 Å². The molecule has 4 nitrogen and oxygen atoms in total. The minimum absolute atomic E-state index is 0.299. The summed E-state index contributed by atoms with van der Waals surface area (Å²) < 4.78 is 5.62. The van der Waals surface area contributed by atoms with Crippen molar-refractivity contribution in [2.75, 3.05) is 19.7 Å². The number of para-hydroxylation sites is 1. The second-order valence-electron chi connectivity index (χ2n) is 5.04. The Hall–Kier alpha value is -1.91. The summed E-state index contributed by atoms with van der Waals surface area (Å²) in [6.45, 7) is 3.64. The second kappa shape index (κ2) is 8.39. The minimum atomic E-state index is -0.512. The molecule has 112 valence electrons. The fourth-order valence-electron chi connectivity index (χ4n) is 2.01. The van der Waals surface area contributed by atoms with Crippen LogP contribution in [0.1, 0.15) is 11.1 Å². The highest BCUT2D eigenvalue weighted by Gasteiger charge is 2.06. The molecular weight excluding hydrogens is 264 g/mol. The fraction of sp³-hybridized carbons (Fsp3) is 0.353. The highest BCUT2D eigenvalue weighted by molar-refractivity contribution is 5.31. The van der Waals surface area contributed by atoms with Crippen LogP contribution in [0.5, 0.6) is 5.75 Å². The van der Waals surface area contributed by atoms with E-state index >= 15 is 0 Å². The number of aromatic nitrogens is 1. The molecule has 0 bridgehead atoms. The average Bonchev–Trinajstić information content (AvgIpc) is 2.52. The molecule has 0 aliphatic rings. The van der Waals surface area contributed by atoms with E-state index in [4.69, 9.17) is 4.74 Å². The molecule has 0 saturated carbocycles. The van der Waals surface area contributed by atoms with Gasteiger partial charge < -0.3 is 15.2 Å². The van der Waals surface area contributed by atoms with Crippen LogP contribution in [0.25, 0.3) is 0 Å². The zero-order valence-corrected chi connectivity index (χ0v) is 12.3. The van der Waals surface area contributed by atoms with Gasteiger partial charge in [0.05, 0.1) is 0 Å². The van der Waals surface area contributed by atoms with Gasteiger partial charge in [-0.15, -0.1) is 0 Å². The van der Waals surface area contributed by atoms with Crippen molar-refractivity contribution >= 4 is 0 Å². The SMILES string of the molecule is Cc1ccccc1OCC(O)CNCCc1ccncc1. The average molecular weight is 286 g/mol. The Morgan fingerprint density at radius 2 is 1.95 bits per heavy atom. The summed E-state index contributed by atoms with van der Waals surface area (Å²) in [6, 6.07) is 11.8. The van der Waals surface area contributed by atoms with E-state index in [9.17, 15) is 5.11 Å². The van der Waals surface area contributed by atoms with Crippen molar-refractivity contribution in [1.29, 1.82) is 0 Å². The summed E-state index contributed by atoms with van der Waals surface area (Å²) in [4.78, 5) is 3.99. The molecule has 2 N–H and O–H groups in total. The third kappa shape index (κ3) is 5.53. The van der Waals surface area contributed by atoms with Crippen LogP contribution in [-0.4, -0.2) is 35.9 Å². The lowest BCUT2D eigenvalue weighted by atomic mass is 10.2. The number of aliphatic hydroxyl groups is 1. The number of rotatable bonds is 8. The van der Waals surface area contributed by atoms with Crippen molar-refractivity contribution in [1.82, 2.24) is 10.3 Å². The summed E-state index contributed by atoms with van der Waals surface area (Å²) in [7, 11) is 0. The van der Waals surface area contributed by atoms with Crippen molar-refractivity contribution in [3.63, 3.8) is 0 Å². The van der Waals surface area contributed by atoms with Gasteiger partial charge in [0.1, 0.15) is 18.5 Å². The topological polar surface area (TPSA) is 54.4 Å². The Balaban J connectivity index is 1.62. The highest BCUT2D eigenvalue weighted by atomic mass is 16.5. The molecule has 0 fully saturated rings. The molecule has 2 rings (SSSR count). The van der Waals surface area contributed by atoms with Crippen LogP contribution in [-0.2, 0) is 6.42 Å². The first kappa shape index (κ1) is 15.5. The molecule has 0 aliphatic carbocycles. The maximum absolute atomic E-state index is 9.90. The van der Waals surface area contributed by atoms with Gasteiger partial charge in [0.2, 0.25) is 0 Å². The zero-order chi connectivity index (χ0) is 14.9. The first-order chi connectivity index (χ1) is 10.3. The number of hydrogen-bond acceptors (Lipinski definition) is 4. The van der Waals surface area contributed by atoms with Gasteiger partial charge in [-0.05, 0) is 49.2 Å². The maximum atomic E-state index is 9.90. The van der Waals surface area contributed by atoms with Crippen LogP contribution in [0.3, 0.4) is 0 Å². The van der Waals surface area contributed by atoms with Gasteiger partial charge in [-0.25, -0.2) is 0 Å². The molecule has 21 heavy (non-hydrogen) atoms. The van der Waals surface area contributed by atoms with Crippen molar-refractivity contribution < 1.29 is 9.84 Å². The third-order valence-electron chi connectivity index (χ3n) is 3.24. The number of ether oxygens (including phenoxy) is 1. The zero-order valence-electron chi connectivity index (χ0n) is 12.3. The van der Waals surface area contributed by atoms with Gasteiger partial charge in [0.25, 0.3) is 0 Å². The van der Waals surface area contributed by atoms with E-state index in [0.717, 1.165) is 24.3 Å². The first-order valence-corrected chi connectivity index (χ1v) is 7.22. The van der Waals surface area contributed by atoms with Gasteiger partial charge in [-0.2, -0.15) is 0 Å². The van der Waals surface area contributed by atoms with E-state index in [-0.39, 0.29) is 0 Å². The molecule has 0 spiro atoms. The summed E-state index contributed by atoms with van der Waals surface area (Å²) in [5.41, 5.74) is 2.32. The van der Waals surface area contributed by atoms with Crippen LogP contribution in [0, 0.1) is 6.92 Å². The Morgan fingerprint density at radius 3 is 2.71 bits per heavy atom. The van der Waals surface area contributed by atoms with Crippen molar-refractivity contribution in [3.8, 4) is 5.75 Å². The number of aryl methyl sites for hydroxylation is 1. The third-order valence-corrected chi connectivity index (χ3v) is 3.24. The second-order valence-corrected chi connectivity index (χ2v) is 5.04. The van der Waals surface area contributed by atoms with Crippen LogP contribution < -0.4 is 10.1 Å². The summed E-state index contributed by atoms with van der Waals surface area (Å²) in [6.07, 6.45) is 4.00. The van der Waals surface area contributed by atoms with E-state index in [1.165, 1.54) is 5.56 Å². The molecule has 1 unspecified atom stereocenters. The monoisotopic (exact) mass is 286 g/mol. The Morgan fingerprint density at radius 1 is 1.19 bits per heavy atom. The number of aliphatic hydroxyl groups excluding tert-OH is 1. The van der Waals surface area contributed by atoms with Gasteiger partial charge >= 0.3 is 0 Å². The van der Waals surface area contributed by atoms with Crippen molar-refractivity contribution in [2.24, 2.45) is 0 Å². The van der Waals surface area contributed by atoms with Crippen LogP contribution in [0.2, 0.25) is 0 Å². The van der Waals surface area contributed by atoms with E-state index in [2.05, 4.69) is 10.3 Å². The van der Waals surface area contributed by atoms with E-state index in [1.54, 1.807) is 12.4 Å². The molecular formula is C17H22N2O2. The molecule has 2 aromatic rings. The Bertz CT molecular complexity index is 531. The Kier molecular flexibility index (Phi) is 6.19. The van der Waals surface area contributed by atoms with Gasteiger partial charge in [-0.1, -0.05) is 18.2 Å². The quantitative estimate of drug-likeness (QED) is 0.728. The van der Waals surface area contributed by atoms with Gasteiger partial charge in [-0.3, -0.25) is 4.98 Å². The fourth-order valence-corrected chi connectivity index (χ4v) is 2.01. The number of hydrogen-bond donors (Lipinski definition) is 2. The standard InChI is InChI=1S/C17H22N2O2/c1-14-4-2-3-5-17(14)21-13-16(20)12-19-11-8-15-6-9-18-10-7-15/h2-7,9-10,16,19-20H,8,11-13H2,1H3. The minimum Gasteiger partial charge on any atom is -0.491 e. The predicted octanol–water partition coefficient (Wildman–Crippen LogP) is 1.96. The predicted molar refractivity (Wildman–Crippen MR) is 83.5 cm³/mol. The lowest BCUT2D eigenvalue weighted by molar-refractivity contribution is 0.106. The van der Waals surface area contributed by atoms with Gasteiger partial charge in [0, 0.05) is 18.9 Å². The van der Waals surface area contributed by atoms with Gasteiger partial charge in [0.15, 0.2) is 0 Å². The van der Waals surface area contributed by atoms with E-state index in [0.29, 0.717) is 13.2 Å². The first-order valence-electron chi connectivity index (χ1n) is 7.22. The molecule has 0 radical (unpaired) electrons. The van der Waals surface area contributed by atoms with Crippen LogP contribution in [0.15, 0.2) is 48.8 Å². The molecule has 0 aliphatic heterocycles. The van der Waals surface area contributed by atoms with Crippen LogP contribution in [0.4, 0.5) is 0 Å². The van der Waals surface area contributed by atoms with E-state index < -0.39 is 6.10 Å². The summed E-state index contributed by atoms with van der Waals surface area (Å²) in [5.74, 6) is 0.827. The number of nitrogens with one attached hydrogen (secondary N) is 1. The number of benzene rings is 1. The smallest absolute Gasteiger partial charge is 0.122 e. The molecule has 4 heteroatoms. The summed E-state index contributed by atoms with van der Waals surface area (Å²) in [5, 5.41) is 13.1. The maximum Gasteiger partial charge on any atom is 0.122 e. The number of nitrogens with zero attached hydrogens (tertiary/aromatic N) is 1. The molecule has 1 aromatic carbocycles. The molecule has 1 atom stereocenters. The summed E-state index contributed by atoms with van der Waals surface area (Å²) >= 11 is 0. The Labute approximate surface area is 125 Å². The lowest BCUT2D eigenvalue weighted by Gasteiger charge is -2.14. The molecule has 0 amide bonds. The molecule has 0 saturated heterocycles. The molecule has 1 heterocycles. The highest BCUT2D eigenvalue weighted by Crippen LogP contribution is 2.16. The molecule has 1 aromatic heterocycles. The van der Waals surface area contributed by atoms with E-state index in [1.807, 2.05) is 43.3 Å². The largest absolute Gasteiger partial charge is 0.491 e. The normalized spacial score (nSPS) is 12.1.